The highest BCUT2D eigenvalue weighted by atomic mass is 19.1. The molecule has 1 amide bonds. The molecule has 6 atom stereocenters. The Morgan fingerprint density at radius 1 is 0.914 bits per heavy atom. The number of carboxylic acid groups (broad SMARTS) is 2. The lowest BCUT2D eigenvalue weighted by molar-refractivity contribution is -0.165. The summed E-state index contributed by atoms with van der Waals surface area (Å²) in [7, 11) is 0. The number of nitrogens with one attached hydrogen (secondary N) is 2. The molecule has 0 radical (unpaired) electrons. The Balaban J connectivity index is 0.000000292. The van der Waals surface area contributed by atoms with Gasteiger partial charge in [0, 0.05) is 6.54 Å². The van der Waals surface area contributed by atoms with Gasteiger partial charge in [-0.25, -0.2) is 14.0 Å². The predicted molar refractivity (Wildman–Crippen MR) is 119 cm³/mol. The average molecular weight is 490 g/mol. The van der Waals surface area contributed by atoms with Crippen LogP contribution in [0, 0.1) is 23.6 Å². The van der Waals surface area contributed by atoms with Gasteiger partial charge in [-0.15, -0.1) is 0 Å². The van der Waals surface area contributed by atoms with Crippen molar-refractivity contribution < 1.29 is 44.3 Å². The summed E-state index contributed by atoms with van der Waals surface area (Å²) >= 11 is 0. The summed E-state index contributed by atoms with van der Waals surface area (Å²) in [5.74, 6) is -2.66. The molecule has 2 fully saturated rings. The van der Waals surface area contributed by atoms with Crippen molar-refractivity contribution in [2.45, 2.75) is 17.8 Å². The van der Waals surface area contributed by atoms with E-state index in [0.717, 1.165) is 13.1 Å². The van der Waals surface area contributed by atoms with Crippen LogP contribution in [0.5, 0.6) is 0 Å². The number of fused-ring (bicyclic) bond motifs is 1. The first-order valence-electron chi connectivity index (χ1n) is 10.9. The lowest BCUT2D eigenvalue weighted by Gasteiger charge is -2.28. The molecule has 2 aromatic rings. The van der Waals surface area contributed by atoms with Crippen LogP contribution in [-0.4, -0.2) is 75.2 Å². The molecule has 1 aliphatic heterocycles. The summed E-state index contributed by atoms with van der Waals surface area (Å²) in [6, 6.07) is 14.2. The van der Waals surface area contributed by atoms with Gasteiger partial charge in [0.15, 0.2) is 17.8 Å². The first-order chi connectivity index (χ1) is 16.6. The van der Waals surface area contributed by atoms with E-state index >= 15 is 0 Å². The van der Waals surface area contributed by atoms with Gasteiger partial charge >= 0.3 is 11.9 Å². The van der Waals surface area contributed by atoms with Crippen LogP contribution in [0.1, 0.15) is 11.1 Å². The third-order valence-corrected chi connectivity index (χ3v) is 6.35. The minimum absolute atomic E-state index is 0.357. The van der Waals surface area contributed by atoms with Gasteiger partial charge in [-0.3, -0.25) is 4.79 Å². The first kappa shape index (κ1) is 26.2. The molecule has 1 heterocycles. The van der Waals surface area contributed by atoms with E-state index in [1.807, 2.05) is 6.07 Å². The number of carbonyl (C=O) groups is 3. The molecule has 7 N–H and O–H groups in total. The second kappa shape index (κ2) is 10.9. The normalized spacial score (nSPS) is 23.5. The van der Waals surface area contributed by atoms with Gasteiger partial charge in [-0.05, 0) is 54.1 Å². The van der Waals surface area contributed by atoms with Crippen LogP contribution < -0.4 is 10.6 Å². The number of halogens is 1. The van der Waals surface area contributed by atoms with Crippen molar-refractivity contribution in [3.63, 3.8) is 0 Å². The van der Waals surface area contributed by atoms with E-state index in [2.05, 4.69) is 10.6 Å². The Hall–Kier alpha value is -3.38. The van der Waals surface area contributed by atoms with Crippen molar-refractivity contribution in [1.29, 1.82) is 0 Å². The molecule has 0 spiro atoms. The molecule has 2 aliphatic rings. The van der Waals surface area contributed by atoms with Crippen LogP contribution in [0.2, 0.25) is 0 Å². The fourth-order valence-corrected chi connectivity index (χ4v) is 4.26. The average Bonchev–Trinajstić information content (AvgIpc) is 3.27. The maximum atomic E-state index is 13.3. The van der Waals surface area contributed by atoms with Crippen molar-refractivity contribution in [1.82, 2.24) is 10.6 Å². The summed E-state index contributed by atoms with van der Waals surface area (Å²) in [5, 5.41) is 50.1. The largest absolute Gasteiger partial charge is 0.479 e. The molecule has 1 aliphatic carbocycles. The van der Waals surface area contributed by atoms with Gasteiger partial charge in [0.1, 0.15) is 5.82 Å². The summed E-state index contributed by atoms with van der Waals surface area (Å²) < 4.78 is 13.3. The van der Waals surface area contributed by atoms with E-state index in [9.17, 15) is 23.9 Å². The molecule has 1 saturated heterocycles. The Morgan fingerprint density at radius 3 is 1.89 bits per heavy atom. The van der Waals surface area contributed by atoms with Crippen LogP contribution in [0.3, 0.4) is 0 Å². The number of piperidine rings is 1. The number of carboxylic acids is 2. The zero-order valence-corrected chi connectivity index (χ0v) is 18.5. The highest BCUT2D eigenvalue weighted by Crippen LogP contribution is 2.48. The van der Waals surface area contributed by atoms with Crippen molar-refractivity contribution in [3.8, 4) is 0 Å². The third kappa shape index (κ3) is 5.82. The summed E-state index contributed by atoms with van der Waals surface area (Å²) in [4.78, 5) is 32.5. The minimum Gasteiger partial charge on any atom is -0.479 e. The van der Waals surface area contributed by atoms with Crippen molar-refractivity contribution in [2.24, 2.45) is 17.8 Å². The summed E-state index contributed by atoms with van der Waals surface area (Å²) in [5.41, 5.74) is -1.01. The molecule has 188 valence electrons. The Bertz CT molecular complexity index is 1020. The second-order valence-electron chi connectivity index (χ2n) is 8.51. The molecular weight excluding hydrogens is 463 g/mol. The van der Waals surface area contributed by atoms with Gasteiger partial charge in [0.05, 0.1) is 0 Å². The highest BCUT2D eigenvalue weighted by Gasteiger charge is 2.53. The van der Waals surface area contributed by atoms with Crippen LogP contribution in [-0.2, 0) is 20.0 Å². The molecule has 0 aromatic heterocycles. The second-order valence-corrected chi connectivity index (χ2v) is 8.51. The van der Waals surface area contributed by atoms with Gasteiger partial charge < -0.3 is 36.2 Å². The predicted octanol–water partition coefficient (Wildman–Crippen LogP) is -0.479. The smallest absolute Gasteiger partial charge is 0.335 e. The lowest BCUT2D eigenvalue weighted by atomic mass is 9.85. The SMILES string of the molecule is O=C(NCC1[C@H]2CNC[C@@H]12)C(O)(c1ccccc1)c1ccc(F)cc1.O=C(O)C(O)C(O)C(=O)O. The van der Waals surface area contributed by atoms with Crippen molar-refractivity contribution >= 4 is 17.8 Å². The molecule has 11 heteroatoms. The fourth-order valence-electron chi connectivity index (χ4n) is 4.26. The number of carbonyl (C=O) groups excluding carboxylic acids is 1. The minimum atomic E-state index is -2.27. The zero-order valence-electron chi connectivity index (χ0n) is 18.5. The van der Waals surface area contributed by atoms with E-state index in [1.54, 1.807) is 24.3 Å². The molecule has 35 heavy (non-hydrogen) atoms. The van der Waals surface area contributed by atoms with Crippen molar-refractivity contribution in [2.75, 3.05) is 19.6 Å². The number of aliphatic hydroxyl groups excluding tert-OH is 2. The van der Waals surface area contributed by atoms with E-state index in [-0.39, 0.29) is 0 Å². The van der Waals surface area contributed by atoms with Crippen LogP contribution >= 0.6 is 0 Å². The maximum Gasteiger partial charge on any atom is 0.335 e. The molecule has 4 rings (SSSR count). The number of aliphatic carboxylic acids is 2. The molecule has 2 aromatic carbocycles. The van der Waals surface area contributed by atoms with Crippen LogP contribution in [0.4, 0.5) is 4.39 Å². The van der Waals surface area contributed by atoms with E-state index < -0.39 is 41.5 Å². The standard InChI is InChI=1S/C20H21FN2O2.C4H6O6/c21-15-8-6-14(7-9-15)20(25,13-4-2-1-3-5-13)19(24)23-12-18-16-10-22-11-17(16)18;5-1(3(7)8)2(6)4(9)10/h1-9,16-18,22,25H,10-12H2,(H,23,24);1-2,5-6H,(H,7,8)(H,9,10)/t16-,17+,18?,20?;. The number of amides is 1. The molecular formula is C24H27FN2O8. The Morgan fingerprint density at radius 2 is 1.40 bits per heavy atom. The number of rotatable bonds is 8. The number of aliphatic hydroxyl groups is 3. The van der Waals surface area contributed by atoms with Gasteiger partial charge in [-0.2, -0.15) is 0 Å². The number of hydrogen-bond donors (Lipinski definition) is 7. The third-order valence-electron chi connectivity index (χ3n) is 6.35. The number of hydrogen-bond acceptors (Lipinski definition) is 7. The van der Waals surface area contributed by atoms with E-state index in [4.69, 9.17) is 20.4 Å². The zero-order chi connectivity index (χ0) is 25.8. The van der Waals surface area contributed by atoms with Gasteiger partial charge in [0.25, 0.3) is 5.91 Å². The summed E-state index contributed by atoms with van der Waals surface area (Å²) in [6.07, 6.45) is -4.53. The highest BCUT2D eigenvalue weighted by molar-refractivity contribution is 5.90. The lowest BCUT2D eigenvalue weighted by Crippen LogP contribution is -2.46. The molecule has 4 unspecified atom stereocenters. The first-order valence-corrected chi connectivity index (χ1v) is 10.9. The van der Waals surface area contributed by atoms with Crippen LogP contribution in [0.25, 0.3) is 0 Å². The molecule has 10 nitrogen and oxygen atoms in total. The topological polar surface area (TPSA) is 176 Å². The van der Waals surface area contributed by atoms with Gasteiger partial charge in [0.2, 0.25) is 0 Å². The Kier molecular flexibility index (Phi) is 8.18. The van der Waals surface area contributed by atoms with Crippen LogP contribution in [0.15, 0.2) is 54.6 Å². The maximum absolute atomic E-state index is 13.3. The quantitative estimate of drug-likeness (QED) is 0.258. The fraction of sp³-hybridized carbons (Fsp3) is 0.375. The molecule has 1 saturated carbocycles. The number of benzene rings is 2. The van der Waals surface area contributed by atoms with E-state index in [0.29, 0.717) is 35.4 Å². The van der Waals surface area contributed by atoms with Crippen molar-refractivity contribution in [3.05, 3.63) is 71.5 Å². The summed E-state index contributed by atoms with van der Waals surface area (Å²) in [6.45, 7) is 2.57. The van der Waals surface area contributed by atoms with Gasteiger partial charge in [-0.1, -0.05) is 42.5 Å². The monoisotopic (exact) mass is 490 g/mol. The molecule has 0 bridgehead atoms. The van der Waals surface area contributed by atoms with E-state index in [1.165, 1.54) is 24.3 Å². The Labute approximate surface area is 200 Å².